The Kier molecular flexibility index (Phi) is 5.43. The number of esters is 1. The zero-order valence-electron chi connectivity index (χ0n) is 14.3. The average molecular weight is 371 g/mol. The minimum absolute atomic E-state index is 0.160. The van der Waals surface area contributed by atoms with Gasteiger partial charge in [0.2, 0.25) is 5.91 Å². The number of aryl methyl sites for hydroxylation is 1. The van der Waals surface area contributed by atoms with Crippen LogP contribution in [0.2, 0.25) is 0 Å². The van der Waals surface area contributed by atoms with Gasteiger partial charge < -0.3 is 14.5 Å². The van der Waals surface area contributed by atoms with E-state index in [1.807, 2.05) is 23.6 Å². The van der Waals surface area contributed by atoms with Crippen molar-refractivity contribution in [2.45, 2.75) is 19.9 Å². The van der Waals surface area contributed by atoms with Crippen molar-refractivity contribution in [2.24, 2.45) is 0 Å². The number of carbonyl (C=O) groups is 2. The number of rotatable bonds is 6. The third-order valence-electron chi connectivity index (χ3n) is 3.61. The molecular weight excluding hydrogens is 354 g/mol. The Morgan fingerprint density at radius 1 is 1.35 bits per heavy atom. The molecule has 7 nitrogen and oxygen atoms in total. The number of carbonyl (C=O) groups excluding carboxylic acids is 2. The summed E-state index contributed by atoms with van der Waals surface area (Å²) in [6, 6.07) is 7.18. The van der Waals surface area contributed by atoms with E-state index >= 15 is 0 Å². The van der Waals surface area contributed by atoms with Gasteiger partial charge >= 0.3 is 5.97 Å². The lowest BCUT2D eigenvalue weighted by Crippen LogP contribution is -2.24. The quantitative estimate of drug-likeness (QED) is 0.670. The van der Waals surface area contributed by atoms with Crippen molar-refractivity contribution in [3.05, 3.63) is 58.6 Å². The molecule has 0 radical (unpaired) electrons. The van der Waals surface area contributed by atoms with Gasteiger partial charge in [0.1, 0.15) is 22.1 Å². The summed E-state index contributed by atoms with van der Waals surface area (Å²) in [6.07, 6.45) is 1.87. The van der Waals surface area contributed by atoms with Gasteiger partial charge in [0.15, 0.2) is 0 Å². The van der Waals surface area contributed by atoms with Crippen LogP contribution in [0.15, 0.2) is 40.3 Å². The highest BCUT2D eigenvalue weighted by Gasteiger charge is 2.16. The third kappa shape index (κ3) is 4.15. The van der Waals surface area contributed by atoms with Crippen LogP contribution in [0.1, 0.15) is 27.6 Å². The second-order valence-corrected chi connectivity index (χ2v) is 6.34. The van der Waals surface area contributed by atoms with E-state index in [0.29, 0.717) is 22.8 Å². The van der Waals surface area contributed by atoms with E-state index in [1.54, 1.807) is 19.2 Å². The molecule has 3 heterocycles. The fourth-order valence-electron chi connectivity index (χ4n) is 2.35. The van der Waals surface area contributed by atoms with Crippen LogP contribution in [0.25, 0.3) is 10.7 Å². The fourth-order valence-corrected chi connectivity index (χ4v) is 3.15. The molecule has 134 valence electrons. The smallest absolute Gasteiger partial charge is 0.341 e. The van der Waals surface area contributed by atoms with E-state index in [4.69, 9.17) is 4.42 Å². The number of hydrogen-bond acceptors (Lipinski definition) is 7. The molecule has 0 aliphatic heterocycles. The van der Waals surface area contributed by atoms with Crippen LogP contribution in [0, 0.1) is 6.92 Å². The Labute approximate surface area is 154 Å². The molecule has 0 aromatic carbocycles. The summed E-state index contributed by atoms with van der Waals surface area (Å²) in [5.41, 5.74) is 1.82. The fraction of sp³-hybridized carbons (Fsp3) is 0.222. The van der Waals surface area contributed by atoms with Crippen molar-refractivity contribution in [2.75, 3.05) is 7.11 Å². The molecule has 0 unspecified atom stereocenters. The van der Waals surface area contributed by atoms with Crippen LogP contribution in [-0.2, 0) is 22.5 Å². The van der Waals surface area contributed by atoms with Crippen molar-refractivity contribution in [1.82, 2.24) is 15.3 Å². The monoisotopic (exact) mass is 371 g/mol. The predicted molar refractivity (Wildman–Crippen MR) is 95.7 cm³/mol. The zero-order chi connectivity index (χ0) is 18.5. The highest BCUT2D eigenvalue weighted by Crippen LogP contribution is 2.21. The molecule has 0 saturated heterocycles. The minimum atomic E-state index is -0.464. The molecule has 26 heavy (non-hydrogen) atoms. The van der Waals surface area contributed by atoms with Crippen molar-refractivity contribution in [1.29, 1.82) is 0 Å². The van der Waals surface area contributed by atoms with Gasteiger partial charge in [0, 0.05) is 11.6 Å². The molecule has 0 aliphatic rings. The maximum Gasteiger partial charge on any atom is 0.341 e. The van der Waals surface area contributed by atoms with Gasteiger partial charge in [-0.15, -0.1) is 11.3 Å². The molecule has 3 aromatic heterocycles. The molecule has 3 aromatic rings. The van der Waals surface area contributed by atoms with Gasteiger partial charge in [-0.1, -0.05) is 6.07 Å². The molecule has 0 aliphatic carbocycles. The van der Waals surface area contributed by atoms with E-state index in [-0.39, 0.29) is 18.9 Å². The first-order valence-corrected chi connectivity index (χ1v) is 8.75. The standard InChI is InChI=1S/C18H17N3O4S/c1-11-14(18(23)24-2)8-13(25-11)9-20-16(22)7-12-10-26-17(21-12)15-5-3-4-6-19-15/h3-6,8,10H,7,9H2,1-2H3,(H,20,22). The lowest BCUT2D eigenvalue weighted by molar-refractivity contribution is -0.120. The molecule has 0 atom stereocenters. The van der Waals surface area contributed by atoms with Crippen LogP contribution < -0.4 is 5.32 Å². The lowest BCUT2D eigenvalue weighted by Gasteiger charge is -2.01. The summed E-state index contributed by atoms with van der Waals surface area (Å²) < 4.78 is 10.1. The van der Waals surface area contributed by atoms with E-state index in [0.717, 1.165) is 10.7 Å². The van der Waals surface area contributed by atoms with E-state index < -0.39 is 5.97 Å². The normalized spacial score (nSPS) is 10.5. The number of aromatic nitrogens is 2. The zero-order valence-corrected chi connectivity index (χ0v) is 15.1. The van der Waals surface area contributed by atoms with Gasteiger partial charge in [0.25, 0.3) is 0 Å². The average Bonchev–Trinajstić information content (AvgIpc) is 3.26. The second-order valence-electron chi connectivity index (χ2n) is 5.49. The van der Waals surface area contributed by atoms with Crippen molar-refractivity contribution < 1.29 is 18.7 Å². The number of thiazole rings is 1. The van der Waals surface area contributed by atoms with Crippen molar-refractivity contribution >= 4 is 23.2 Å². The van der Waals surface area contributed by atoms with E-state index in [2.05, 4.69) is 20.0 Å². The molecule has 1 amide bonds. The summed E-state index contributed by atoms with van der Waals surface area (Å²) in [7, 11) is 1.31. The van der Waals surface area contributed by atoms with Crippen LogP contribution in [0.3, 0.4) is 0 Å². The Bertz CT molecular complexity index is 918. The number of ether oxygens (including phenoxy) is 1. The second kappa shape index (κ2) is 7.92. The van der Waals surface area contributed by atoms with Crippen molar-refractivity contribution in [3.63, 3.8) is 0 Å². The highest BCUT2D eigenvalue weighted by molar-refractivity contribution is 7.13. The number of nitrogens with one attached hydrogen (secondary N) is 1. The summed E-state index contributed by atoms with van der Waals surface area (Å²) in [6.45, 7) is 1.86. The molecular formula is C18H17N3O4S. The Morgan fingerprint density at radius 2 is 2.19 bits per heavy atom. The summed E-state index contributed by atoms with van der Waals surface area (Å²) in [5, 5.41) is 5.38. The van der Waals surface area contributed by atoms with Gasteiger partial charge in [-0.25, -0.2) is 9.78 Å². The van der Waals surface area contributed by atoms with E-state index in [9.17, 15) is 9.59 Å². The van der Waals surface area contributed by atoms with Crippen molar-refractivity contribution in [3.8, 4) is 10.7 Å². The molecule has 0 fully saturated rings. The van der Waals surface area contributed by atoms with Crippen LogP contribution in [0.5, 0.6) is 0 Å². The van der Waals surface area contributed by atoms with Gasteiger partial charge in [-0.2, -0.15) is 0 Å². The molecule has 0 bridgehead atoms. The van der Waals surface area contributed by atoms with Gasteiger partial charge in [-0.3, -0.25) is 9.78 Å². The molecule has 1 N–H and O–H groups in total. The number of furan rings is 1. The Morgan fingerprint density at radius 3 is 2.92 bits per heavy atom. The first kappa shape index (κ1) is 17.8. The van der Waals surface area contributed by atoms with Crippen LogP contribution in [-0.4, -0.2) is 29.0 Å². The molecule has 0 saturated carbocycles. The molecule has 8 heteroatoms. The number of nitrogens with zero attached hydrogens (tertiary/aromatic N) is 2. The lowest BCUT2D eigenvalue weighted by atomic mass is 10.2. The van der Waals surface area contributed by atoms with Crippen LogP contribution >= 0.6 is 11.3 Å². The predicted octanol–water partition coefficient (Wildman–Crippen LogP) is 2.75. The maximum absolute atomic E-state index is 12.1. The SMILES string of the molecule is COC(=O)c1cc(CNC(=O)Cc2csc(-c3ccccn3)n2)oc1C. The Hall–Kier alpha value is -3.00. The summed E-state index contributed by atoms with van der Waals surface area (Å²) in [5.74, 6) is 0.300. The van der Waals surface area contributed by atoms with Gasteiger partial charge in [-0.05, 0) is 25.1 Å². The topological polar surface area (TPSA) is 94.3 Å². The largest absolute Gasteiger partial charge is 0.465 e. The molecule has 0 spiro atoms. The summed E-state index contributed by atoms with van der Waals surface area (Å²) in [4.78, 5) is 32.4. The van der Waals surface area contributed by atoms with Crippen LogP contribution in [0.4, 0.5) is 0 Å². The third-order valence-corrected chi connectivity index (χ3v) is 4.52. The van der Waals surface area contributed by atoms with Gasteiger partial charge in [0.05, 0.1) is 31.5 Å². The number of pyridine rings is 1. The van der Waals surface area contributed by atoms with E-state index in [1.165, 1.54) is 18.4 Å². The minimum Gasteiger partial charge on any atom is -0.465 e. The maximum atomic E-state index is 12.1. The number of methoxy groups -OCH3 is 1. The highest BCUT2D eigenvalue weighted by atomic mass is 32.1. The molecule has 3 rings (SSSR count). The number of hydrogen-bond donors (Lipinski definition) is 1. The summed E-state index contributed by atoms with van der Waals surface area (Å²) >= 11 is 1.45. The number of amides is 1. The Balaban J connectivity index is 1.57. The first-order chi connectivity index (χ1) is 12.6. The first-order valence-electron chi connectivity index (χ1n) is 7.87.